The van der Waals surface area contributed by atoms with Gasteiger partial charge in [-0.1, -0.05) is 0 Å². The molecule has 3 rings (SSSR count). The van der Waals surface area contributed by atoms with Gasteiger partial charge in [0.1, 0.15) is 5.69 Å². The molecule has 0 atom stereocenters. The van der Waals surface area contributed by atoms with E-state index >= 15 is 0 Å². The Morgan fingerprint density at radius 2 is 1.57 bits per heavy atom. The van der Waals surface area contributed by atoms with Crippen molar-refractivity contribution in [1.82, 2.24) is 14.8 Å². The fourth-order valence-corrected chi connectivity index (χ4v) is 3.06. The Labute approximate surface area is 164 Å². The molecule has 1 aromatic carbocycles. The maximum Gasteiger partial charge on any atom is 0.272 e. The third-order valence-corrected chi connectivity index (χ3v) is 4.67. The molecule has 148 valence electrons. The highest BCUT2D eigenvalue weighted by Gasteiger charge is 2.23. The number of pyridine rings is 1. The molecular formula is C20H24N4O4. The van der Waals surface area contributed by atoms with Crippen molar-refractivity contribution < 1.29 is 19.1 Å². The number of carbonyl (C=O) groups is 2. The van der Waals surface area contributed by atoms with Crippen LogP contribution in [0.2, 0.25) is 0 Å². The van der Waals surface area contributed by atoms with Crippen LogP contribution < -0.4 is 14.8 Å². The summed E-state index contributed by atoms with van der Waals surface area (Å²) in [5.41, 5.74) is 1.96. The van der Waals surface area contributed by atoms with Crippen LogP contribution in [0.1, 0.15) is 17.4 Å². The number of hydrogen-bond donors (Lipinski definition) is 1. The van der Waals surface area contributed by atoms with Gasteiger partial charge in [-0.25, -0.2) is 4.98 Å². The molecule has 1 aliphatic rings. The Morgan fingerprint density at radius 1 is 0.929 bits per heavy atom. The lowest BCUT2D eigenvalue weighted by Gasteiger charge is -2.34. The maximum absolute atomic E-state index is 12.6. The average Bonchev–Trinajstić information content (AvgIpc) is 2.73. The van der Waals surface area contributed by atoms with Crippen LogP contribution in [0.15, 0.2) is 36.5 Å². The van der Waals surface area contributed by atoms with Crippen LogP contribution in [0, 0.1) is 0 Å². The zero-order valence-corrected chi connectivity index (χ0v) is 16.3. The molecule has 2 heterocycles. The molecule has 8 nitrogen and oxygen atoms in total. The standard InChI is InChI=1S/C20H24N4O4/c1-14(25)23-8-10-24(11-9-23)20(26)17-6-4-16(13-21-17)22-15-5-7-18(27-2)19(12-15)28-3/h4-7,12-13,22H,8-11H2,1-3H3. The first kappa shape index (κ1) is 19.5. The van der Waals surface area contributed by atoms with Crippen molar-refractivity contribution in [3.8, 4) is 11.5 Å². The molecule has 1 aromatic heterocycles. The van der Waals surface area contributed by atoms with Gasteiger partial charge < -0.3 is 24.6 Å². The van der Waals surface area contributed by atoms with E-state index in [1.807, 2.05) is 24.3 Å². The number of amides is 2. The Hall–Kier alpha value is -3.29. The summed E-state index contributed by atoms with van der Waals surface area (Å²) in [5.74, 6) is 1.19. The minimum Gasteiger partial charge on any atom is -0.493 e. The number of nitrogens with zero attached hydrogens (tertiary/aromatic N) is 3. The molecule has 8 heteroatoms. The van der Waals surface area contributed by atoms with Gasteiger partial charge in [-0.05, 0) is 24.3 Å². The number of methoxy groups -OCH3 is 2. The van der Waals surface area contributed by atoms with Crippen molar-refractivity contribution in [2.75, 3.05) is 45.7 Å². The summed E-state index contributed by atoms with van der Waals surface area (Å²) in [6.07, 6.45) is 1.62. The molecule has 0 spiro atoms. The minimum atomic E-state index is -0.124. The Kier molecular flexibility index (Phi) is 5.98. The second kappa shape index (κ2) is 8.60. The lowest BCUT2D eigenvalue weighted by Crippen LogP contribution is -2.50. The maximum atomic E-state index is 12.6. The molecule has 2 aromatic rings. The molecule has 0 bridgehead atoms. The Bertz CT molecular complexity index is 846. The molecule has 1 aliphatic heterocycles. The molecule has 0 radical (unpaired) electrons. The van der Waals surface area contributed by atoms with Gasteiger partial charge in [0, 0.05) is 44.9 Å². The number of benzene rings is 1. The largest absolute Gasteiger partial charge is 0.493 e. The summed E-state index contributed by atoms with van der Waals surface area (Å²) in [6, 6.07) is 9.01. The van der Waals surface area contributed by atoms with Crippen molar-refractivity contribution in [2.45, 2.75) is 6.92 Å². The van der Waals surface area contributed by atoms with Gasteiger partial charge in [0.25, 0.3) is 5.91 Å². The molecule has 0 unspecified atom stereocenters. The molecule has 1 saturated heterocycles. The Morgan fingerprint density at radius 3 is 2.14 bits per heavy atom. The van der Waals surface area contributed by atoms with Crippen molar-refractivity contribution in [2.24, 2.45) is 0 Å². The number of anilines is 2. The molecule has 28 heavy (non-hydrogen) atoms. The normalized spacial score (nSPS) is 13.8. The third-order valence-electron chi connectivity index (χ3n) is 4.67. The first-order valence-electron chi connectivity index (χ1n) is 9.01. The van der Waals surface area contributed by atoms with E-state index in [9.17, 15) is 9.59 Å². The fourth-order valence-electron chi connectivity index (χ4n) is 3.06. The first-order chi connectivity index (χ1) is 13.5. The van der Waals surface area contributed by atoms with Crippen LogP contribution in [0.3, 0.4) is 0 Å². The van der Waals surface area contributed by atoms with Crippen LogP contribution in [0.5, 0.6) is 11.5 Å². The quantitative estimate of drug-likeness (QED) is 0.850. The van der Waals surface area contributed by atoms with Crippen molar-refractivity contribution in [3.05, 3.63) is 42.2 Å². The topological polar surface area (TPSA) is 84.0 Å². The number of nitrogens with one attached hydrogen (secondary N) is 1. The van der Waals surface area contributed by atoms with Crippen LogP contribution >= 0.6 is 0 Å². The number of ether oxygens (including phenoxy) is 2. The average molecular weight is 384 g/mol. The van der Waals surface area contributed by atoms with Gasteiger partial charge in [-0.3, -0.25) is 9.59 Å². The van der Waals surface area contributed by atoms with Gasteiger partial charge in [0.15, 0.2) is 11.5 Å². The van der Waals surface area contributed by atoms with Gasteiger partial charge in [-0.2, -0.15) is 0 Å². The zero-order chi connectivity index (χ0) is 20.1. The number of rotatable bonds is 5. The SMILES string of the molecule is COc1ccc(Nc2ccc(C(=O)N3CCN(C(C)=O)CC3)nc2)cc1OC. The highest BCUT2D eigenvalue weighted by molar-refractivity contribution is 5.92. The number of hydrogen-bond acceptors (Lipinski definition) is 6. The summed E-state index contributed by atoms with van der Waals surface area (Å²) in [5, 5.41) is 3.23. The summed E-state index contributed by atoms with van der Waals surface area (Å²) < 4.78 is 10.5. The molecule has 1 N–H and O–H groups in total. The first-order valence-corrected chi connectivity index (χ1v) is 9.01. The van der Waals surface area contributed by atoms with Crippen molar-refractivity contribution in [3.63, 3.8) is 0 Å². The third kappa shape index (κ3) is 4.33. The predicted molar refractivity (Wildman–Crippen MR) is 105 cm³/mol. The predicted octanol–water partition coefficient (Wildman–Crippen LogP) is 2.15. The molecular weight excluding hydrogens is 360 g/mol. The minimum absolute atomic E-state index is 0.0378. The molecule has 0 saturated carbocycles. The van der Waals surface area contributed by atoms with E-state index in [-0.39, 0.29) is 11.8 Å². The van der Waals surface area contributed by atoms with Crippen LogP contribution in [0.25, 0.3) is 0 Å². The molecule has 1 fully saturated rings. The van der Waals surface area contributed by atoms with Gasteiger partial charge in [0.2, 0.25) is 5.91 Å². The van der Waals surface area contributed by atoms with Crippen molar-refractivity contribution in [1.29, 1.82) is 0 Å². The van der Waals surface area contributed by atoms with E-state index in [0.29, 0.717) is 43.4 Å². The van der Waals surface area contributed by atoms with E-state index in [1.165, 1.54) is 0 Å². The number of piperazine rings is 1. The summed E-state index contributed by atoms with van der Waals surface area (Å²) >= 11 is 0. The molecule has 2 amide bonds. The van der Waals surface area contributed by atoms with E-state index < -0.39 is 0 Å². The summed E-state index contributed by atoms with van der Waals surface area (Å²) in [7, 11) is 3.17. The number of carbonyl (C=O) groups excluding carboxylic acids is 2. The van der Waals surface area contributed by atoms with Crippen LogP contribution in [0.4, 0.5) is 11.4 Å². The van der Waals surface area contributed by atoms with Gasteiger partial charge >= 0.3 is 0 Å². The lowest BCUT2D eigenvalue weighted by atomic mass is 10.2. The molecule has 0 aliphatic carbocycles. The summed E-state index contributed by atoms with van der Waals surface area (Å²) in [6.45, 7) is 3.70. The summed E-state index contributed by atoms with van der Waals surface area (Å²) in [4.78, 5) is 31.8. The smallest absolute Gasteiger partial charge is 0.272 e. The number of aromatic nitrogens is 1. The van der Waals surface area contributed by atoms with Gasteiger partial charge in [-0.15, -0.1) is 0 Å². The van der Waals surface area contributed by atoms with E-state index in [1.54, 1.807) is 43.2 Å². The highest BCUT2D eigenvalue weighted by atomic mass is 16.5. The van der Waals surface area contributed by atoms with Crippen molar-refractivity contribution >= 4 is 23.2 Å². The highest BCUT2D eigenvalue weighted by Crippen LogP contribution is 2.31. The second-order valence-electron chi connectivity index (χ2n) is 6.43. The zero-order valence-electron chi connectivity index (χ0n) is 16.3. The van der Waals surface area contributed by atoms with E-state index in [0.717, 1.165) is 11.4 Å². The van der Waals surface area contributed by atoms with Crippen LogP contribution in [-0.2, 0) is 4.79 Å². The van der Waals surface area contributed by atoms with E-state index in [4.69, 9.17) is 9.47 Å². The Balaban J connectivity index is 1.64. The lowest BCUT2D eigenvalue weighted by molar-refractivity contribution is -0.130. The fraction of sp³-hybridized carbons (Fsp3) is 0.350. The monoisotopic (exact) mass is 384 g/mol. The van der Waals surface area contributed by atoms with E-state index in [2.05, 4.69) is 10.3 Å². The second-order valence-corrected chi connectivity index (χ2v) is 6.43. The van der Waals surface area contributed by atoms with Gasteiger partial charge in [0.05, 0.1) is 26.1 Å². The van der Waals surface area contributed by atoms with Crippen LogP contribution in [-0.4, -0.2) is 67.0 Å².